The minimum Gasteiger partial charge on any atom is -0.465 e. The fourth-order valence-electron chi connectivity index (χ4n) is 4.04. The zero-order valence-corrected chi connectivity index (χ0v) is 21.1. The summed E-state index contributed by atoms with van der Waals surface area (Å²) in [4.78, 5) is 60.4. The van der Waals surface area contributed by atoms with E-state index in [0.717, 1.165) is 10.5 Å². The van der Waals surface area contributed by atoms with Crippen molar-refractivity contribution >= 4 is 29.7 Å². The number of benzene rings is 1. The van der Waals surface area contributed by atoms with Crippen molar-refractivity contribution in [3.05, 3.63) is 34.9 Å². The van der Waals surface area contributed by atoms with Gasteiger partial charge in [-0.3, -0.25) is 29.4 Å². The van der Waals surface area contributed by atoms with E-state index in [-0.39, 0.29) is 37.1 Å². The molecule has 0 saturated carbocycles. The zero-order chi connectivity index (χ0) is 27.3. The Kier molecular flexibility index (Phi) is 11.6. The van der Waals surface area contributed by atoms with Gasteiger partial charge >= 0.3 is 6.09 Å². The molecule has 0 aliphatic carbocycles. The Balaban J connectivity index is 1.24. The fraction of sp³-hybridized carbons (Fsp3) is 0.560. The largest absolute Gasteiger partial charge is 0.465 e. The summed E-state index contributed by atoms with van der Waals surface area (Å²) in [5.74, 6) is -2.06. The van der Waals surface area contributed by atoms with Gasteiger partial charge in [0.25, 0.3) is 11.8 Å². The van der Waals surface area contributed by atoms with Gasteiger partial charge in [0.15, 0.2) is 0 Å². The molecule has 1 fully saturated rings. The van der Waals surface area contributed by atoms with Crippen molar-refractivity contribution in [2.45, 2.75) is 31.7 Å². The third kappa shape index (κ3) is 8.58. The Labute approximate surface area is 219 Å². The average Bonchev–Trinajstić information content (AvgIpc) is 3.13. The lowest BCUT2D eigenvalue weighted by Crippen LogP contribution is -2.54. The minimum atomic E-state index is -1.08. The molecule has 2 aliphatic rings. The summed E-state index contributed by atoms with van der Waals surface area (Å²) in [7, 11) is 0. The van der Waals surface area contributed by atoms with Gasteiger partial charge in [-0.25, -0.2) is 4.79 Å². The molecule has 1 aromatic rings. The summed E-state index contributed by atoms with van der Waals surface area (Å²) in [6, 6.07) is 4.11. The maximum absolute atomic E-state index is 12.9. The maximum Gasteiger partial charge on any atom is 0.404 e. The number of carbonyl (C=O) groups is 5. The SMILES string of the molecule is O=C(O)NCCOCCOCCOCCOCCCc1ccc2c(c1)C(=O)N(C1CCC(=O)NC1=O)C2=O. The molecule has 0 radical (unpaired) electrons. The first kappa shape index (κ1) is 29.2. The number of aryl methyl sites for hydroxylation is 1. The fourth-order valence-corrected chi connectivity index (χ4v) is 4.04. The molecule has 3 rings (SSSR count). The molecule has 208 valence electrons. The van der Waals surface area contributed by atoms with Gasteiger partial charge in [0.2, 0.25) is 11.8 Å². The summed E-state index contributed by atoms with van der Waals surface area (Å²) in [6.07, 6.45) is 0.490. The highest BCUT2D eigenvalue weighted by Gasteiger charge is 2.44. The normalized spacial score (nSPS) is 17.1. The number of rotatable bonds is 17. The topological polar surface area (TPSA) is 170 Å². The number of carboxylic acid groups (broad SMARTS) is 1. The number of hydrogen-bond acceptors (Lipinski definition) is 9. The van der Waals surface area contributed by atoms with E-state index >= 15 is 0 Å². The third-order valence-electron chi connectivity index (χ3n) is 5.90. The van der Waals surface area contributed by atoms with Crippen molar-refractivity contribution < 1.29 is 48.0 Å². The van der Waals surface area contributed by atoms with E-state index in [9.17, 15) is 24.0 Å². The number of ether oxygens (including phenoxy) is 4. The van der Waals surface area contributed by atoms with Crippen molar-refractivity contribution in [3.63, 3.8) is 0 Å². The Morgan fingerprint density at radius 2 is 1.50 bits per heavy atom. The van der Waals surface area contributed by atoms with E-state index in [1.807, 2.05) is 0 Å². The average molecular weight is 536 g/mol. The van der Waals surface area contributed by atoms with Crippen molar-refractivity contribution in [2.75, 3.05) is 59.4 Å². The van der Waals surface area contributed by atoms with E-state index in [4.69, 9.17) is 24.1 Å². The van der Waals surface area contributed by atoms with E-state index in [1.165, 1.54) is 0 Å². The van der Waals surface area contributed by atoms with E-state index in [2.05, 4.69) is 10.6 Å². The first-order valence-corrected chi connectivity index (χ1v) is 12.5. The summed E-state index contributed by atoms with van der Waals surface area (Å²) in [5, 5.41) is 12.8. The van der Waals surface area contributed by atoms with Gasteiger partial charge in [-0.15, -0.1) is 0 Å². The summed E-state index contributed by atoms with van der Waals surface area (Å²) >= 11 is 0. The monoisotopic (exact) mass is 535 g/mol. The molecule has 5 amide bonds. The molecule has 1 unspecified atom stereocenters. The first-order chi connectivity index (χ1) is 18.4. The van der Waals surface area contributed by atoms with Crippen LogP contribution in [0.25, 0.3) is 0 Å². The van der Waals surface area contributed by atoms with Crippen LogP contribution in [0.4, 0.5) is 4.79 Å². The molecule has 1 aromatic carbocycles. The number of carbonyl (C=O) groups excluding carboxylic acids is 4. The Bertz CT molecular complexity index is 1020. The predicted molar refractivity (Wildman–Crippen MR) is 131 cm³/mol. The van der Waals surface area contributed by atoms with Crippen LogP contribution >= 0.6 is 0 Å². The molecular formula is C25H33N3O10. The van der Waals surface area contributed by atoms with Gasteiger partial charge in [0.1, 0.15) is 6.04 Å². The van der Waals surface area contributed by atoms with Gasteiger partial charge in [0, 0.05) is 19.6 Å². The van der Waals surface area contributed by atoms with Gasteiger partial charge < -0.3 is 29.4 Å². The lowest BCUT2D eigenvalue weighted by molar-refractivity contribution is -0.136. The molecule has 13 heteroatoms. The van der Waals surface area contributed by atoms with Crippen molar-refractivity contribution in [1.82, 2.24) is 15.5 Å². The Hall–Kier alpha value is -3.39. The summed E-state index contributed by atoms with van der Waals surface area (Å²) in [6.45, 7) is 3.47. The molecule has 1 saturated heterocycles. The first-order valence-electron chi connectivity index (χ1n) is 12.5. The number of piperidine rings is 1. The molecule has 0 spiro atoms. The summed E-state index contributed by atoms with van der Waals surface area (Å²) in [5.41, 5.74) is 1.42. The standard InChI is InChI=1S/C25H33N3O10/c29-21-6-5-20(22(30)27-21)28-23(31)18-4-3-17(16-19(18)24(28)32)2-1-8-35-10-12-37-14-15-38-13-11-36-9-7-26-25(33)34/h3-4,16,20,26H,1-2,5-15H2,(H,33,34)(H,27,29,30). The predicted octanol–water partition coefficient (Wildman–Crippen LogP) is 0.354. The summed E-state index contributed by atoms with van der Waals surface area (Å²) < 4.78 is 21.5. The number of hydrogen-bond donors (Lipinski definition) is 3. The molecule has 38 heavy (non-hydrogen) atoms. The number of imide groups is 2. The van der Waals surface area contributed by atoms with Crippen molar-refractivity contribution in [2.24, 2.45) is 0 Å². The van der Waals surface area contributed by atoms with Gasteiger partial charge in [0.05, 0.1) is 57.4 Å². The van der Waals surface area contributed by atoms with Crippen LogP contribution in [0.15, 0.2) is 18.2 Å². The second-order valence-electron chi connectivity index (χ2n) is 8.61. The number of fused-ring (bicyclic) bond motifs is 1. The highest BCUT2D eigenvalue weighted by atomic mass is 16.6. The second-order valence-corrected chi connectivity index (χ2v) is 8.61. The molecule has 13 nitrogen and oxygen atoms in total. The van der Waals surface area contributed by atoms with Crippen LogP contribution < -0.4 is 10.6 Å². The Morgan fingerprint density at radius 1 is 0.895 bits per heavy atom. The van der Waals surface area contributed by atoms with Crippen molar-refractivity contribution in [3.8, 4) is 0 Å². The maximum atomic E-state index is 12.9. The van der Waals surface area contributed by atoms with Gasteiger partial charge in [-0.05, 0) is 37.0 Å². The molecular weight excluding hydrogens is 502 g/mol. The second kappa shape index (κ2) is 15.1. The zero-order valence-electron chi connectivity index (χ0n) is 21.1. The number of nitrogens with zero attached hydrogens (tertiary/aromatic N) is 1. The highest BCUT2D eigenvalue weighted by molar-refractivity contribution is 6.23. The highest BCUT2D eigenvalue weighted by Crippen LogP contribution is 2.28. The number of amides is 5. The third-order valence-corrected chi connectivity index (χ3v) is 5.90. The lowest BCUT2D eigenvalue weighted by atomic mass is 10.0. The smallest absolute Gasteiger partial charge is 0.404 e. The van der Waals surface area contributed by atoms with Crippen LogP contribution in [0.1, 0.15) is 45.5 Å². The van der Waals surface area contributed by atoms with E-state index in [1.54, 1.807) is 18.2 Å². The minimum absolute atomic E-state index is 0.0837. The van der Waals surface area contributed by atoms with Crippen LogP contribution in [-0.4, -0.2) is 105 Å². The molecule has 0 aromatic heterocycles. The van der Waals surface area contributed by atoms with Crippen LogP contribution in [0.5, 0.6) is 0 Å². The quantitative estimate of drug-likeness (QED) is 0.187. The lowest BCUT2D eigenvalue weighted by Gasteiger charge is -2.27. The van der Waals surface area contributed by atoms with E-state index in [0.29, 0.717) is 59.1 Å². The van der Waals surface area contributed by atoms with Gasteiger partial charge in [-0.1, -0.05) is 6.07 Å². The Morgan fingerprint density at radius 3 is 2.13 bits per heavy atom. The molecule has 1 atom stereocenters. The van der Waals surface area contributed by atoms with Gasteiger partial charge in [-0.2, -0.15) is 0 Å². The van der Waals surface area contributed by atoms with Crippen molar-refractivity contribution in [1.29, 1.82) is 0 Å². The van der Waals surface area contributed by atoms with Crippen LogP contribution in [-0.2, 0) is 35.0 Å². The molecule has 3 N–H and O–H groups in total. The van der Waals surface area contributed by atoms with E-state index < -0.39 is 35.8 Å². The van der Waals surface area contributed by atoms with Crippen LogP contribution in [0.3, 0.4) is 0 Å². The van der Waals surface area contributed by atoms with Crippen LogP contribution in [0, 0.1) is 0 Å². The number of nitrogens with one attached hydrogen (secondary N) is 2. The molecule has 0 bridgehead atoms. The molecule has 2 heterocycles. The van der Waals surface area contributed by atoms with Crippen LogP contribution in [0.2, 0.25) is 0 Å². The molecule has 2 aliphatic heterocycles.